The van der Waals surface area contributed by atoms with Crippen molar-refractivity contribution in [3.8, 4) is 22.6 Å². The molecule has 1 aliphatic rings. The Labute approximate surface area is 197 Å². The number of carbonyl (C=O) groups is 1. The van der Waals surface area contributed by atoms with Crippen molar-refractivity contribution in [2.24, 2.45) is 4.99 Å². The number of anilines is 1. The van der Waals surface area contributed by atoms with Crippen molar-refractivity contribution in [2.75, 3.05) is 25.5 Å². The van der Waals surface area contributed by atoms with E-state index in [-0.39, 0.29) is 23.6 Å². The lowest BCUT2D eigenvalue weighted by Gasteiger charge is -2.19. The number of dihydropyridines is 1. The predicted molar refractivity (Wildman–Crippen MR) is 132 cm³/mol. The van der Waals surface area contributed by atoms with Crippen molar-refractivity contribution < 1.29 is 9.21 Å². The molecule has 0 atom stereocenters. The van der Waals surface area contributed by atoms with Crippen LogP contribution in [0.3, 0.4) is 0 Å². The molecule has 0 saturated heterocycles. The molecule has 4 rings (SSSR count). The molecule has 0 radical (unpaired) electrons. The topological polar surface area (TPSA) is 106 Å². The minimum absolute atomic E-state index is 0.000359. The molecule has 4 heterocycles. The van der Waals surface area contributed by atoms with Crippen LogP contribution in [0.15, 0.2) is 63.0 Å². The van der Waals surface area contributed by atoms with Crippen LogP contribution in [-0.2, 0) is 0 Å². The molecule has 9 nitrogen and oxygen atoms in total. The molecule has 0 unspecified atom stereocenters. The monoisotopic (exact) mass is 460 g/mol. The number of aromatic nitrogens is 3. The maximum absolute atomic E-state index is 12.7. The van der Waals surface area contributed by atoms with Crippen molar-refractivity contribution in [1.82, 2.24) is 19.4 Å². The number of urea groups is 1. The zero-order valence-corrected chi connectivity index (χ0v) is 19.8. The first-order valence-corrected chi connectivity index (χ1v) is 11.2. The summed E-state index contributed by atoms with van der Waals surface area (Å²) in [5.74, 6) is 1.43. The van der Waals surface area contributed by atoms with Gasteiger partial charge in [0.1, 0.15) is 11.5 Å². The van der Waals surface area contributed by atoms with Gasteiger partial charge in [0.25, 0.3) is 5.56 Å². The summed E-state index contributed by atoms with van der Waals surface area (Å²) in [6.45, 7) is 6.87. The number of aliphatic imine (C=N–C) groups is 1. The van der Waals surface area contributed by atoms with E-state index in [9.17, 15) is 9.59 Å². The molecule has 34 heavy (non-hydrogen) atoms. The van der Waals surface area contributed by atoms with E-state index in [0.717, 1.165) is 30.0 Å². The Morgan fingerprint density at radius 3 is 2.76 bits per heavy atom. The van der Waals surface area contributed by atoms with Gasteiger partial charge in [-0.05, 0) is 51.5 Å². The second-order valence-electron chi connectivity index (χ2n) is 8.47. The molecule has 176 valence electrons. The minimum atomic E-state index is -0.343. The zero-order chi connectivity index (χ0) is 24.2. The van der Waals surface area contributed by atoms with Crippen LogP contribution in [0.25, 0.3) is 22.6 Å². The Morgan fingerprint density at radius 2 is 2.09 bits per heavy atom. The van der Waals surface area contributed by atoms with Gasteiger partial charge >= 0.3 is 6.03 Å². The normalized spacial score (nSPS) is 13.1. The Balaban J connectivity index is 1.65. The highest BCUT2D eigenvalue weighted by Crippen LogP contribution is 2.31. The Kier molecular flexibility index (Phi) is 6.72. The fraction of sp³-hybridized carbons (Fsp3) is 0.320. The maximum atomic E-state index is 12.7. The van der Waals surface area contributed by atoms with Crippen molar-refractivity contribution in [1.29, 1.82) is 0 Å². The van der Waals surface area contributed by atoms with E-state index in [1.807, 2.05) is 39.0 Å². The molecule has 0 aromatic carbocycles. The van der Waals surface area contributed by atoms with E-state index in [4.69, 9.17) is 4.42 Å². The van der Waals surface area contributed by atoms with Gasteiger partial charge in [-0.15, -0.1) is 0 Å². The molecule has 0 aliphatic carbocycles. The fourth-order valence-corrected chi connectivity index (χ4v) is 3.63. The van der Waals surface area contributed by atoms with Gasteiger partial charge in [0, 0.05) is 49.2 Å². The first-order chi connectivity index (χ1) is 16.3. The van der Waals surface area contributed by atoms with Gasteiger partial charge in [-0.2, -0.15) is 0 Å². The number of rotatable bonds is 6. The Hall–Kier alpha value is -4.01. The van der Waals surface area contributed by atoms with E-state index in [1.165, 1.54) is 11.0 Å². The highest BCUT2D eigenvalue weighted by molar-refractivity contribution is 6.00. The van der Waals surface area contributed by atoms with Crippen LogP contribution in [0, 0.1) is 6.92 Å². The standard InChI is InChI=1S/C25H28N6O3/c1-16(2)31-14-18(9-11-22(31)32)20-13-27-24(28-23(20)21-10-8-17(3)34-21)29-25(33)30(4)15-19-7-5-6-12-26-19/h5,7-11,13-14,16H,6,12,15H2,1-4H3,(H,27,28,29,33). The Bertz CT molecular complexity index is 1320. The van der Waals surface area contributed by atoms with Crippen LogP contribution in [0.1, 0.15) is 32.1 Å². The van der Waals surface area contributed by atoms with E-state index >= 15 is 0 Å². The smallest absolute Gasteiger partial charge is 0.324 e. The number of hydrogen-bond donors (Lipinski definition) is 1. The molecular formula is C25H28N6O3. The van der Waals surface area contributed by atoms with E-state index in [0.29, 0.717) is 23.6 Å². The zero-order valence-electron chi connectivity index (χ0n) is 19.8. The van der Waals surface area contributed by atoms with Crippen LogP contribution in [0.5, 0.6) is 0 Å². The Morgan fingerprint density at radius 1 is 1.26 bits per heavy atom. The maximum Gasteiger partial charge on any atom is 0.324 e. The number of furan rings is 1. The third-order valence-corrected chi connectivity index (χ3v) is 5.45. The van der Waals surface area contributed by atoms with Crippen molar-refractivity contribution in [3.05, 3.63) is 64.9 Å². The number of hydrogen-bond acceptors (Lipinski definition) is 6. The third-order valence-electron chi connectivity index (χ3n) is 5.45. The van der Waals surface area contributed by atoms with E-state index in [2.05, 4.69) is 26.4 Å². The molecule has 3 aromatic rings. The third kappa shape index (κ3) is 5.14. The summed E-state index contributed by atoms with van der Waals surface area (Å²) in [5.41, 5.74) is 2.76. The first kappa shape index (κ1) is 23.2. The second-order valence-corrected chi connectivity index (χ2v) is 8.47. The second kappa shape index (κ2) is 9.86. The molecule has 0 fully saturated rings. The van der Waals surface area contributed by atoms with Crippen LogP contribution < -0.4 is 10.9 Å². The summed E-state index contributed by atoms with van der Waals surface area (Å²) in [4.78, 5) is 39.9. The molecule has 3 aromatic heterocycles. The van der Waals surface area contributed by atoms with Crippen molar-refractivity contribution in [3.63, 3.8) is 0 Å². The summed E-state index contributed by atoms with van der Waals surface area (Å²) in [6, 6.07) is 6.60. The summed E-state index contributed by atoms with van der Waals surface area (Å²) in [5, 5.41) is 2.75. The summed E-state index contributed by atoms with van der Waals surface area (Å²) in [7, 11) is 1.70. The van der Waals surface area contributed by atoms with Gasteiger partial charge in [0.2, 0.25) is 5.95 Å². The SMILES string of the molecule is Cc1ccc(-c2nc(NC(=O)N(C)CC3=NCCC=C3)ncc2-c2ccc(=O)n(C(C)C)c2)o1. The molecule has 2 amide bonds. The average Bonchev–Trinajstić information content (AvgIpc) is 3.26. The number of nitrogens with one attached hydrogen (secondary N) is 1. The summed E-state index contributed by atoms with van der Waals surface area (Å²) in [6.07, 6.45) is 8.33. The highest BCUT2D eigenvalue weighted by atomic mass is 16.3. The molecular weight excluding hydrogens is 432 g/mol. The van der Waals surface area contributed by atoms with Gasteiger partial charge in [-0.3, -0.25) is 15.1 Å². The lowest BCUT2D eigenvalue weighted by atomic mass is 10.1. The number of pyridine rings is 1. The minimum Gasteiger partial charge on any atom is -0.460 e. The molecule has 0 saturated carbocycles. The first-order valence-electron chi connectivity index (χ1n) is 11.2. The highest BCUT2D eigenvalue weighted by Gasteiger charge is 2.18. The van der Waals surface area contributed by atoms with Crippen molar-refractivity contribution >= 4 is 17.7 Å². The number of amides is 2. The average molecular weight is 461 g/mol. The molecule has 0 spiro atoms. The summed E-state index contributed by atoms with van der Waals surface area (Å²) < 4.78 is 7.49. The van der Waals surface area contributed by atoms with E-state index < -0.39 is 0 Å². The lowest BCUT2D eigenvalue weighted by molar-refractivity contribution is 0.227. The number of carbonyl (C=O) groups excluding carboxylic acids is 1. The van der Waals surface area contributed by atoms with Gasteiger partial charge in [0.15, 0.2) is 5.76 Å². The molecule has 9 heteroatoms. The van der Waals surface area contributed by atoms with Crippen molar-refractivity contribution in [2.45, 2.75) is 33.2 Å². The van der Waals surface area contributed by atoms with E-state index in [1.54, 1.807) is 30.1 Å². The number of nitrogens with zero attached hydrogens (tertiary/aromatic N) is 5. The van der Waals surface area contributed by atoms with Gasteiger partial charge in [0.05, 0.1) is 12.3 Å². The predicted octanol–water partition coefficient (Wildman–Crippen LogP) is 4.32. The van der Waals surface area contributed by atoms with Gasteiger partial charge in [-0.1, -0.05) is 6.08 Å². The lowest BCUT2D eigenvalue weighted by Crippen LogP contribution is -2.36. The molecule has 0 bridgehead atoms. The fourth-order valence-electron chi connectivity index (χ4n) is 3.63. The number of aryl methyl sites for hydroxylation is 1. The van der Waals surface area contributed by atoms with Crippen LogP contribution in [0.2, 0.25) is 0 Å². The molecule has 1 N–H and O–H groups in total. The quantitative estimate of drug-likeness (QED) is 0.590. The van der Waals surface area contributed by atoms with Crippen LogP contribution in [-0.4, -0.2) is 51.3 Å². The van der Waals surface area contributed by atoms with Gasteiger partial charge < -0.3 is 13.9 Å². The largest absolute Gasteiger partial charge is 0.460 e. The summed E-state index contributed by atoms with van der Waals surface area (Å²) >= 11 is 0. The van der Waals surface area contributed by atoms with Gasteiger partial charge in [-0.25, -0.2) is 14.8 Å². The van der Waals surface area contributed by atoms with Crippen LogP contribution >= 0.6 is 0 Å². The molecule has 1 aliphatic heterocycles. The van der Waals surface area contributed by atoms with Crippen LogP contribution in [0.4, 0.5) is 10.7 Å².